The lowest BCUT2D eigenvalue weighted by molar-refractivity contribution is -0.135. The second-order valence-corrected chi connectivity index (χ2v) is 16.3. The van der Waals surface area contributed by atoms with Gasteiger partial charge in [0.2, 0.25) is 11.8 Å². The Kier molecular flexibility index (Phi) is 12.9. The van der Waals surface area contributed by atoms with Gasteiger partial charge in [0.1, 0.15) is 23.7 Å². The van der Waals surface area contributed by atoms with Crippen LogP contribution < -0.4 is 32.5 Å². The van der Waals surface area contributed by atoms with Gasteiger partial charge >= 0.3 is 5.69 Å². The molecule has 3 amide bonds. The molecule has 2 fully saturated rings. The van der Waals surface area contributed by atoms with E-state index in [1.54, 1.807) is 60.4 Å². The number of carbonyl (C=O) groups is 3. The molecule has 2 aliphatic rings. The average molecular weight is 846 g/mol. The number of aromatic nitrogens is 7. The fourth-order valence-corrected chi connectivity index (χ4v) is 8.16. The minimum absolute atomic E-state index is 0.164. The highest BCUT2D eigenvalue weighted by Crippen LogP contribution is 2.27. The first-order valence-electron chi connectivity index (χ1n) is 21.7. The van der Waals surface area contributed by atoms with Crippen molar-refractivity contribution < 1.29 is 18.8 Å². The molecule has 16 nitrogen and oxygen atoms in total. The summed E-state index contributed by atoms with van der Waals surface area (Å²) in [5.41, 5.74) is 3.62. The fraction of sp³-hybridized carbons (Fsp3) is 0.422. The maximum absolute atomic E-state index is 13.6. The number of rotatable bonds is 20. The number of unbranched alkanes of at least 4 members (excludes halogenated alkanes) is 9. The molecule has 4 N–H and O–H groups in total. The number of hydrogen-bond donors (Lipinski definition) is 4. The molecule has 3 atom stereocenters. The Morgan fingerprint density at radius 2 is 1.63 bits per heavy atom. The zero-order valence-corrected chi connectivity index (χ0v) is 34.8. The third-order valence-corrected chi connectivity index (χ3v) is 11.7. The third kappa shape index (κ3) is 9.46. The fourth-order valence-electron chi connectivity index (χ4n) is 8.16. The zero-order valence-electron chi connectivity index (χ0n) is 34.8. The van der Waals surface area contributed by atoms with Crippen LogP contribution in [0, 0.1) is 0 Å². The topological polar surface area (TPSA) is 191 Å². The molecule has 62 heavy (non-hydrogen) atoms. The third-order valence-electron chi connectivity index (χ3n) is 11.7. The minimum atomic E-state index is -1.05. The molecule has 0 bridgehead atoms. The first-order chi connectivity index (χ1) is 30.2. The maximum Gasteiger partial charge on any atom is 0.329 e. The van der Waals surface area contributed by atoms with Crippen molar-refractivity contribution in [2.45, 2.75) is 108 Å². The van der Waals surface area contributed by atoms with Crippen LogP contribution in [0.5, 0.6) is 0 Å². The van der Waals surface area contributed by atoms with Crippen LogP contribution in [-0.4, -0.2) is 69.8 Å². The van der Waals surface area contributed by atoms with Gasteiger partial charge in [-0.05, 0) is 67.6 Å². The number of fused-ring (bicyclic) bond motifs is 2. The van der Waals surface area contributed by atoms with Crippen molar-refractivity contribution in [3.63, 3.8) is 0 Å². The van der Waals surface area contributed by atoms with Crippen LogP contribution in [0.4, 0.5) is 21.6 Å². The summed E-state index contributed by atoms with van der Waals surface area (Å²) in [6, 6.07) is 15.3. The van der Waals surface area contributed by atoms with Gasteiger partial charge in [0.25, 0.3) is 11.5 Å². The van der Waals surface area contributed by atoms with Gasteiger partial charge in [0.15, 0.2) is 17.2 Å². The van der Waals surface area contributed by atoms with Crippen molar-refractivity contribution in [1.82, 2.24) is 43.9 Å². The van der Waals surface area contributed by atoms with E-state index in [-0.39, 0.29) is 41.4 Å². The lowest BCUT2D eigenvalue weighted by atomic mass is 10.0. The van der Waals surface area contributed by atoms with Crippen molar-refractivity contribution in [3.8, 4) is 5.82 Å². The molecule has 1 aliphatic heterocycles. The molecular formula is C45H52FN11O5. The summed E-state index contributed by atoms with van der Waals surface area (Å²) in [5.74, 6) is -0.396. The number of carbonyl (C=O) groups excluding carboxylic acids is 3. The first-order valence-corrected chi connectivity index (χ1v) is 21.7. The molecule has 8 rings (SSSR count). The van der Waals surface area contributed by atoms with Crippen LogP contribution >= 0.6 is 0 Å². The number of nitrogens with zero attached hydrogens (tertiary/aromatic N) is 7. The van der Waals surface area contributed by atoms with Crippen LogP contribution in [0.25, 0.3) is 22.5 Å². The van der Waals surface area contributed by atoms with E-state index in [2.05, 4.69) is 36.3 Å². The van der Waals surface area contributed by atoms with Crippen molar-refractivity contribution in [2.75, 3.05) is 17.2 Å². The Labute approximate surface area is 356 Å². The SMILES string of the molecule is Cn1c(=O)n(C2CCC(=O)NC2=O)c2ccc(CCCCCCCCCCCCNc3cc(Nc4cccn(-c5ccccn5)c4=O)nn4c(C(=O)N[C@@H]5C[C@@H]5F)cnc34)cc21. The summed E-state index contributed by atoms with van der Waals surface area (Å²) in [7, 11) is 1.72. The summed E-state index contributed by atoms with van der Waals surface area (Å²) in [4.78, 5) is 72.5. The second-order valence-electron chi connectivity index (χ2n) is 16.3. The molecule has 0 spiro atoms. The molecule has 1 saturated carbocycles. The minimum Gasteiger partial charge on any atom is -0.382 e. The number of aryl methyl sites for hydroxylation is 2. The molecule has 5 aromatic heterocycles. The van der Waals surface area contributed by atoms with E-state index in [0.717, 1.165) is 56.0 Å². The van der Waals surface area contributed by atoms with Gasteiger partial charge in [-0.3, -0.25) is 38.2 Å². The predicted octanol–water partition coefficient (Wildman–Crippen LogP) is 6.05. The molecular weight excluding hydrogens is 794 g/mol. The van der Waals surface area contributed by atoms with Gasteiger partial charge in [0.05, 0.1) is 29.0 Å². The Bertz CT molecular complexity index is 2710. The lowest BCUT2D eigenvalue weighted by Gasteiger charge is -2.21. The van der Waals surface area contributed by atoms with Gasteiger partial charge in [-0.25, -0.2) is 23.7 Å². The summed E-state index contributed by atoms with van der Waals surface area (Å²) in [5, 5.41) is 16.3. The summed E-state index contributed by atoms with van der Waals surface area (Å²) in [6.07, 6.45) is 16.6. The Morgan fingerprint density at radius 1 is 0.871 bits per heavy atom. The van der Waals surface area contributed by atoms with Crippen molar-refractivity contribution >= 4 is 51.6 Å². The van der Waals surface area contributed by atoms with E-state index in [0.29, 0.717) is 41.5 Å². The molecule has 1 unspecified atom stereocenters. The van der Waals surface area contributed by atoms with Crippen molar-refractivity contribution in [3.05, 3.63) is 105 Å². The number of imide groups is 1. The van der Waals surface area contributed by atoms with Crippen LogP contribution in [0.3, 0.4) is 0 Å². The zero-order chi connectivity index (χ0) is 43.2. The van der Waals surface area contributed by atoms with E-state index < -0.39 is 30.1 Å². The Hall–Kier alpha value is -6.65. The number of amides is 3. The number of nitrogens with one attached hydrogen (secondary N) is 4. The molecule has 324 valence electrons. The normalized spacial score (nSPS) is 17.4. The van der Waals surface area contributed by atoms with E-state index in [1.807, 2.05) is 18.2 Å². The molecule has 17 heteroatoms. The molecule has 6 heterocycles. The Morgan fingerprint density at radius 3 is 2.35 bits per heavy atom. The van der Waals surface area contributed by atoms with Gasteiger partial charge in [-0.2, -0.15) is 0 Å². The molecule has 1 aliphatic carbocycles. The highest BCUT2D eigenvalue weighted by molar-refractivity contribution is 6.00. The van der Waals surface area contributed by atoms with Gasteiger partial charge in [-0.15, -0.1) is 5.10 Å². The van der Waals surface area contributed by atoms with Crippen molar-refractivity contribution in [1.29, 1.82) is 0 Å². The molecule has 1 aromatic carbocycles. The van der Waals surface area contributed by atoms with Gasteiger partial charge in [-0.1, -0.05) is 63.5 Å². The summed E-state index contributed by atoms with van der Waals surface area (Å²) < 4.78 is 19.6. The number of anilines is 3. The number of halogens is 1. The van der Waals surface area contributed by atoms with E-state index in [4.69, 9.17) is 0 Å². The number of piperidine rings is 1. The average Bonchev–Trinajstić information content (AvgIpc) is 3.68. The maximum atomic E-state index is 13.6. The summed E-state index contributed by atoms with van der Waals surface area (Å²) in [6.45, 7) is 0.672. The van der Waals surface area contributed by atoms with E-state index in [9.17, 15) is 28.4 Å². The lowest BCUT2D eigenvalue weighted by Crippen LogP contribution is -2.44. The quantitative estimate of drug-likeness (QED) is 0.0520. The highest BCUT2D eigenvalue weighted by Gasteiger charge is 2.39. The number of imidazole rings is 2. The van der Waals surface area contributed by atoms with Crippen LogP contribution in [0.2, 0.25) is 0 Å². The predicted molar refractivity (Wildman–Crippen MR) is 234 cm³/mol. The molecule has 1 saturated heterocycles. The van der Waals surface area contributed by atoms with E-state index in [1.165, 1.54) is 45.5 Å². The number of benzene rings is 1. The number of hydrogen-bond acceptors (Lipinski definition) is 10. The largest absolute Gasteiger partial charge is 0.382 e. The Balaban J connectivity index is 0.775. The highest BCUT2D eigenvalue weighted by atomic mass is 19.1. The smallest absolute Gasteiger partial charge is 0.329 e. The standard InChI is InChI=1S/C45H52FN11O5/c1-54-36-25-29(18-19-34(36)56(45(54)62)35-20-21-40(58)52-42(35)59)15-10-8-6-4-2-3-5-7-9-12-22-47-33-27-38(50-31-16-14-24-55(44(31)61)39-17-11-13-23-48-39)53-57-37(28-49-41(33)57)43(60)51-32-26-30(32)46/h11,13-14,16-19,23-25,27-28,30,32,35,47H,2-10,12,15,20-22,26H2,1H3,(H,50,53)(H,51,60)(H,52,58,59)/t30-,32+,35?/m0/s1. The van der Waals surface area contributed by atoms with Crippen molar-refractivity contribution in [2.24, 2.45) is 7.05 Å². The monoisotopic (exact) mass is 845 g/mol. The number of pyridine rings is 2. The first kappa shape index (κ1) is 42.1. The van der Waals surface area contributed by atoms with Crippen LogP contribution in [0.1, 0.15) is 106 Å². The van der Waals surface area contributed by atoms with Crippen LogP contribution in [-0.2, 0) is 23.1 Å². The number of alkyl halides is 1. The second kappa shape index (κ2) is 19.0. The summed E-state index contributed by atoms with van der Waals surface area (Å²) >= 11 is 0. The van der Waals surface area contributed by atoms with E-state index >= 15 is 0 Å². The van der Waals surface area contributed by atoms with Crippen LogP contribution in [0.15, 0.2) is 82.8 Å². The van der Waals surface area contributed by atoms with Gasteiger partial charge in [0, 0.05) is 44.9 Å². The molecule has 6 aromatic rings. The molecule has 0 radical (unpaired) electrons. The van der Waals surface area contributed by atoms with Gasteiger partial charge < -0.3 is 16.0 Å².